The average molecular weight is 347 g/mol. The highest BCUT2D eigenvalue weighted by Crippen LogP contribution is 2.18. The lowest BCUT2D eigenvalue weighted by molar-refractivity contribution is 0.0746. The Morgan fingerprint density at radius 3 is 2.35 bits per heavy atom. The van der Waals surface area contributed by atoms with E-state index in [2.05, 4.69) is 19.9 Å². The minimum absolute atomic E-state index is 0.0487. The van der Waals surface area contributed by atoms with E-state index in [0.717, 1.165) is 41.3 Å². The number of piperazine rings is 1. The first-order valence-electron chi connectivity index (χ1n) is 8.82. The van der Waals surface area contributed by atoms with Crippen LogP contribution < -0.4 is 4.90 Å². The third-order valence-electron chi connectivity index (χ3n) is 4.86. The van der Waals surface area contributed by atoms with Crippen LogP contribution in [-0.4, -0.2) is 51.9 Å². The van der Waals surface area contributed by atoms with Crippen LogP contribution in [0.4, 0.5) is 5.82 Å². The highest BCUT2D eigenvalue weighted by atomic mass is 16.2. The van der Waals surface area contributed by atoms with Crippen molar-refractivity contribution in [1.29, 1.82) is 0 Å². The molecule has 1 amide bonds. The zero-order chi connectivity index (χ0) is 18.1. The molecular weight excluding hydrogens is 326 g/mol. The van der Waals surface area contributed by atoms with Gasteiger partial charge >= 0.3 is 0 Å². The van der Waals surface area contributed by atoms with Gasteiger partial charge in [0.2, 0.25) is 0 Å². The highest BCUT2D eigenvalue weighted by Gasteiger charge is 2.23. The Balaban J connectivity index is 1.50. The molecule has 1 saturated heterocycles. The van der Waals surface area contributed by atoms with Crippen molar-refractivity contribution in [3.05, 3.63) is 59.5 Å². The zero-order valence-electron chi connectivity index (χ0n) is 15.0. The quantitative estimate of drug-likeness (QED) is 0.713. The molecule has 26 heavy (non-hydrogen) atoms. The van der Waals surface area contributed by atoms with Gasteiger partial charge in [-0.25, -0.2) is 15.0 Å². The summed E-state index contributed by atoms with van der Waals surface area (Å²) in [7, 11) is 0. The first-order valence-corrected chi connectivity index (χ1v) is 8.82. The van der Waals surface area contributed by atoms with Crippen LogP contribution in [0.5, 0.6) is 0 Å². The monoisotopic (exact) mass is 347 g/mol. The van der Waals surface area contributed by atoms with Crippen molar-refractivity contribution in [2.24, 2.45) is 0 Å². The predicted octanol–water partition coefficient (Wildman–Crippen LogP) is 2.60. The molecule has 0 saturated carbocycles. The molecule has 3 heterocycles. The van der Waals surface area contributed by atoms with Gasteiger partial charge in [-0.2, -0.15) is 0 Å². The molecule has 1 fully saturated rings. The summed E-state index contributed by atoms with van der Waals surface area (Å²) in [4.78, 5) is 30.5. The molecule has 0 bridgehead atoms. The van der Waals surface area contributed by atoms with Crippen LogP contribution in [0, 0.1) is 13.8 Å². The second-order valence-corrected chi connectivity index (χ2v) is 6.57. The molecule has 6 heteroatoms. The van der Waals surface area contributed by atoms with Gasteiger partial charge in [-0.1, -0.05) is 6.07 Å². The van der Waals surface area contributed by atoms with Gasteiger partial charge in [-0.15, -0.1) is 0 Å². The van der Waals surface area contributed by atoms with Crippen molar-refractivity contribution in [3.63, 3.8) is 0 Å². The number of rotatable bonds is 2. The van der Waals surface area contributed by atoms with E-state index in [9.17, 15) is 4.79 Å². The minimum Gasteiger partial charge on any atom is -0.353 e. The van der Waals surface area contributed by atoms with Crippen LogP contribution in [-0.2, 0) is 0 Å². The number of pyridine rings is 1. The Labute approximate surface area is 152 Å². The summed E-state index contributed by atoms with van der Waals surface area (Å²) in [5.41, 5.74) is 4.07. The van der Waals surface area contributed by atoms with Gasteiger partial charge in [-0.05, 0) is 44.2 Å². The number of carbonyl (C=O) groups is 1. The smallest absolute Gasteiger partial charge is 0.254 e. The largest absolute Gasteiger partial charge is 0.353 e. The molecule has 0 unspecified atom stereocenters. The summed E-state index contributed by atoms with van der Waals surface area (Å²) >= 11 is 0. The standard InChI is InChI=1S/C20H21N5O/c1-14-15(2)23-18-13-16(6-7-17(18)22-14)20(26)25-11-9-24(10-12-25)19-5-3-4-8-21-19/h3-8,13H,9-12H2,1-2H3. The van der Waals surface area contributed by atoms with Crippen LogP contribution in [0.25, 0.3) is 11.0 Å². The molecule has 1 aromatic carbocycles. The van der Waals surface area contributed by atoms with Crippen molar-refractivity contribution in [3.8, 4) is 0 Å². The lowest BCUT2D eigenvalue weighted by atomic mass is 10.1. The van der Waals surface area contributed by atoms with Gasteiger partial charge in [-0.3, -0.25) is 4.79 Å². The highest BCUT2D eigenvalue weighted by molar-refractivity contribution is 5.97. The Morgan fingerprint density at radius 2 is 1.65 bits per heavy atom. The van der Waals surface area contributed by atoms with Gasteiger partial charge in [0.05, 0.1) is 22.4 Å². The van der Waals surface area contributed by atoms with Crippen LogP contribution in [0.15, 0.2) is 42.6 Å². The number of aryl methyl sites for hydroxylation is 2. The van der Waals surface area contributed by atoms with Gasteiger partial charge in [0.25, 0.3) is 5.91 Å². The van der Waals surface area contributed by atoms with Crippen molar-refractivity contribution < 1.29 is 4.79 Å². The molecule has 0 aliphatic carbocycles. The summed E-state index contributed by atoms with van der Waals surface area (Å²) in [6, 6.07) is 11.5. The van der Waals surface area contributed by atoms with Crippen molar-refractivity contribution >= 4 is 22.8 Å². The van der Waals surface area contributed by atoms with E-state index >= 15 is 0 Å². The van der Waals surface area contributed by atoms with Gasteiger partial charge in [0, 0.05) is 37.9 Å². The Hall–Kier alpha value is -3.02. The van der Waals surface area contributed by atoms with Crippen LogP contribution in [0.1, 0.15) is 21.7 Å². The number of amides is 1. The summed E-state index contributed by atoms with van der Waals surface area (Å²) in [6.45, 7) is 6.83. The molecule has 6 nitrogen and oxygen atoms in total. The number of fused-ring (bicyclic) bond motifs is 1. The molecule has 132 valence electrons. The molecule has 3 aromatic rings. The molecule has 1 aliphatic rings. The Bertz CT molecular complexity index is 949. The molecule has 2 aromatic heterocycles. The predicted molar refractivity (Wildman–Crippen MR) is 101 cm³/mol. The van der Waals surface area contributed by atoms with Gasteiger partial charge < -0.3 is 9.80 Å². The fraction of sp³-hybridized carbons (Fsp3) is 0.300. The topological polar surface area (TPSA) is 62.2 Å². The Morgan fingerprint density at radius 1 is 0.923 bits per heavy atom. The molecule has 0 radical (unpaired) electrons. The summed E-state index contributed by atoms with van der Waals surface area (Å²) in [5, 5.41) is 0. The summed E-state index contributed by atoms with van der Waals surface area (Å²) in [5.74, 6) is 1.01. The molecule has 0 N–H and O–H groups in total. The van der Waals surface area contributed by atoms with Gasteiger partial charge in [0.1, 0.15) is 5.82 Å². The van der Waals surface area contributed by atoms with Crippen molar-refractivity contribution in [2.45, 2.75) is 13.8 Å². The van der Waals surface area contributed by atoms with E-state index in [4.69, 9.17) is 0 Å². The lowest BCUT2D eigenvalue weighted by Gasteiger charge is -2.35. The fourth-order valence-electron chi connectivity index (χ4n) is 3.23. The molecular formula is C20H21N5O. The van der Waals surface area contributed by atoms with E-state index in [1.54, 1.807) is 6.20 Å². The van der Waals surface area contributed by atoms with Crippen LogP contribution in [0.2, 0.25) is 0 Å². The Kier molecular flexibility index (Phi) is 4.24. The maximum absolute atomic E-state index is 12.9. The lowest BCUT2D eigenvalue weighted by Crippen LogP contribution is -2.49. The number of nitrogens with zero attached hydrogens (tertiary/aromatic N) is 5. The normalized spacial score (nSPS) is 14.7. The number of hydrogen-bond donors (Lipinski definition) is 0. The maximum Gasteiger partial charge on any atom is 0.254 e. The van der Waals surface area contributed by atoms with E-state index in [1.807, 2.05) is 55.1 Å². The van der Waals surface area contributed by atoms with E-state index in [0.29, 0.717) is 18.7 Å². The van der Waals surface area contributed by atoms with Crippen molar-refractivity contribution in [2.75, 3.05) is 31.1 Å². The number of anilines is 1. The maximum atomic E-state index is 12.9. The summed E-state index contributed by atoms with van der Waals surface area (Å²) < 4.78 is 0. The molecule has 0 spiro atoms. The summed E-state index contributed by atoms with van der Waals surface area (Å²) in [6.07, 6.45) is 1.80. The number of carbonyl (C=O) groups excluding carboxylic acids is 1. The first-order chi connectivity index (χ1) is 12.6. The van der Waals surface area contributed by atoms with Gasteiger partial charge in [0.15, 0.2) is 0 Å². The molecule has 4 rings (SSSR count). The zero-order valence-corrected chi connectivity index (χ0v) is 15.0. The van der Waals surface area contributed by atoms with E-state index in [-0.39, 0.29) is 5.91 Å². The second kappa shape index (κ2) is 6.71. The third kappa shape index (κ3) is 3.10. The van der Waals surface area contributed by atoms with E-state index in [1.165, 1.54) is 0 Å². The van der Waals surface area contributed by atoms with E-state index < -0.39 is 0 Å². The third-order valence-corrected chi connectivity index (χ3v) is 4.86. The molecule has 0 atom stereocenters. The van der Waals surface area contributed by atoms with Crippen LogP contribution in [0.3, 0.4) is 0 Å². The fourth-order valence-corrected chi connectivity index (χ4v) is 3.23. The number of benzene rings is 1. The average Bonchev–Trinajstić information content (AvgIpc) is 2.69. The number of hydrogen-bond acceptors (Lipinski definition) is 5. The van der Waals surface area contributed by atoms with Crippen LogP contribution >= 0.6 is 0 Å². The molecule has 1 aliphatic heterocycles. The SMILES string of the molecule is Cc1nc2ccc(C(=O)N3CCN(c4ccccn4)CC3)cc2nc1C. The minimum atomic E-state index is 0.0487. The first kappa shape index (κ1) is 16.4. The number of aromatic nitrogens is 3. The van der Waals surface area contributed by atoms with Crippen molar-refractivity contribution in [1.82, 2.24) is 19.9 Å². The second-order valence-electron chi connectivity index (χ2n) is 6.57.